The van der Waals surface area contributed by atoms with E-state index < -0.39 is 12.0 Å². The SMILES string of the molecule is CSc1ccc(C(N)CC(=O)O)cc1O. The lowest BCUT2D eigenvalue weighted by atomic mass is 10.0. The summed E-state index contributed by atoms with van der Waals surface area (Å²) in [7, 11) is 0. The van der Waals surface area contributed by atoms with Crippen LogP contribution < -0.4 is 5.73 Å². The highest BCUT2D eigenvalue weighted by molar-refractivity contribution is 7.98. The van der Waals surface area contributed by atoms with Crippen LogP contribution in [0, 0.1) is 0 Å². The second kappa shape index (κ2) is 5.04. The number of nitrogens with two attached hydrogens (primary N) is 1. The van der Waals surface area contributed by atoms with E-state index in [9.17, 15) is 9.90 Å². The molecule has 0 spiro atoms. The molecule has 0 aliphatic carbocycles. The van der Waals surface area contributed by atoms with Gasteiger partial charge in [-0.15, -0.1) is 11.8 Å². The molecule has 0 bridgehead atoms. The van der Waals surface area contributed by atoms with Gasteiger partial charge in [-0.25, -0.2) is 0 Å². The molecule has 0 heterocycles. The fraction of sp³-hybridized carbons (Fsp3) is 0.300. The molecule has 1 aromatic carbocycles. The number of thioether (sulfide) groups is 1. The molecule has 4 N–H and O–H groups in total. The van der Waals surface area contributed by atoms with Crippen LogP contribution in [0.15, 0.2) is 23.1 Å². The number of phenols is 1. The number of rotatable bonds is 4. The van der Waals surface area contributed by atoms with Crippen molar-refractivity contribution in [3.63, 3.8) is 0 Å². The molecule has 0 aromatic heterocycles. The van der Waals surface area contributed by atoms with Gasteiger partial charge in [-0.3, -0.25) is 4.79 Å². The molecule has 0 saturated carbocycles. The highest BCUT2D eigenvalue weighted by Crippen LogP contribution is 2.29. The summed E-state index contributed by atoms with van der Waals surface area (Å²) in [5, 5.41) is 18.1. The van der Waals surface area contributed by atoms with Crippen molar-refractivity contribution in [1.82, 2.24) is 0 Å². The summed E-state index contributed by atoms with van der Waals surface area (Å²) in [6.45, 7) is 0. The largest absolute Gasteiger partial charge is 0.507 e. The predicted octanol–water partition coefficient (Wildman–Crippen LogP) is 1.59. The van der Waals surface area contributed by atoms with Crippen LogP contribution in [0.5, 0.6) is 5.75 Å². The zero-order chi connectivity index (χ0) is 11.4. The predicted molar refractivity (Wildman–Crippen MR) is 59.1 cm³/mol. The van der Waals surface area contributed by atoms with E-state index in [0.717, 1.165) is 4.90 Å². The third-order valence-corrected chi connectivity index (χ3v) is 2.81. The molecular formula is C10H13NO3S. The highest BCUT2D eigenvalue weighted by atomic mass is 32.2. The van der Waals surface area contributed by atoms with E-state index >= 15 is 0 Å². The van der Waals surface area contributed by atoms with Crippen molar-refractivity contribution in [3.8, 4) is 5.75 Å². The summed E-state index contributed by atoms with van der Waals surface area (Å²) in [4.78, 5) is 11.2. The van der Waals surface area contributed by atoms with Gasteiger partial charge < -0.3 is 15.9 Å². The maximum Gasteiger partial charge on any atom is 0.305 e. The molecule has 1 aromatic rings. The standard InChI is InChI=1S/C10H13NO3S/c1-15-9-3-2-6(4-8(9)12)7(11)5-10(13)14/h2-4,7,12H,5,11H2,1H3,(H,13,14). The van der Waals surface area contributed by atoms with E-state index in [-0.39, 0.29) is 12.2 Å². The van der Waals surface area contributed by atoms with Crippen LogP contribution in [0.1, 0.15) is 18.0 Å². The topological polar surface area (TPSA) is 83.6 Å². The molecule has 0 aliphatic heterocycles. The third-order valence-electron chi connectivity index (χ3n) is 2.03. The average Bonchev–Trinajstić information content (AvgIpc) is 2.16. The first kappa shape index (κ1) is 11.9. The van der Waals surface area contributed by atoms with Gasteiger partial charge in [0.05, 0.1) is 6.42 Å². The summed E-state index contributed by atoms with van der Waals surface area (Å²) >= 11 is 1.42. The fourth-order valence-electron chi connectivity index (χ4n) is 1.24. The molecule has 0 saturated heterocycles. The van der Waals surface area contributed by atoms with Crippen molar-refractivity contribution in [2.24, 2.45) is 5.73 Å². The minimum Gasteiger partial charge on any atom is -0.507 e. The number of hydrogen-bond acceptors (Lipinski definition) is 4. The first-order valence-corrected chi connectivity index (χ1v) is 5.61. The summed E-state index contributed by atoms with van der Waals surface area (Å²) in [6.07, 6.45) is 1.71. The second-order valence-corrected chi connectivity index (χ2v) is 3.98. The summed E-state index contributed by atoms with van der Waals surface area (Å²) in [6, 6.07) is 4.40. The quantitative estimate of drug-likeness (QED) is 0.680. The van der Waals surface area contributed by atoms with Crippen molar-refractivity contribution in [2.45, 2.75) is 17.4 Å². The number of hydrogen-bond donors (Lipinski definition) is 3. The zero-order valence-corrected chi connectivity index (χ0v) is 9.12. The summed E-state index contributed by atoms with van der Waals surface area (Å²) < 4.78 is 0. The van der Waals surface area contributed by atoms with Crippen LogP contribution in [-0.2, 0) is 4.79 Å². The van der Waals surface area contributed by atoms with Gasteiger partial charge >= 0.3 is 5.97 Å². The summed E-state index contributed by atoms with van der Waals surface area (Å²) in [5.41, 5.74) is 6.29. The van der Waals surface area contributed by atoms with Crippen molar-refractivity contribution in [3.05, 3.63) is 23.8 Å². The van der Waals surface area contributed by atoms with Gasteiger partial charge in [0.15, 0.2) is 0 Å². The Bertz CT molecular complexity index is 368. The van der Waals surface area contributed by atoms with Crippen molar-refractivity contribution in [2.75, 3.05) is 6.26 Å². The molecule has 0 aliphatic rings. The van der Waals surface area contributed by atoms with Crippen LogP contribution >= 0.6 is 11.8 Å². The van der Waals surface area contributed by atoms with E-state index in [1.54, 1.807) is 12.1 Å². The number of carbonyl (C=O) groups is 1. The third kappa shape index (κ3) is 3.14. The average molecular weight is 227 g/mol. The molecule has 0 fully saturated rings. The van der Waals surface area contributed by atoms with Crippen LogP contribution in [0.4, 0.5) is 0 Å². The minimum absolute atomic E-state index is 0.140. The molecule has 4 nitrogen and oxygen atoms in total. The highest BCUT2D eigenvalue weighted by Gasteiger charge is 2.12. The van der Waals surface area contributed by atoms with Gasteiger partial charge in [-0.2, -0.15) is 0 Å². The van der Waals surface area contributed by atoms with Gasteiger partial charge in [0.1, 0.15) is 5.75 Å². The van der Waals surface area contributed by atoms with E-state index in [1.807, 2.05) is 6.26 Å². The lowest BCUT2D eigenvalue weighted by Gasteiger charge is -2.10. The first-order chi connectivity index (χ1) is 7.04. The van der Waals surface area contributed by atoms with Gasteiger partial charge in [0.25, 0.3) is 0 Å². The number of carboxylic acid groups (broad SMARTS) is 1. The lowest BCUT2D eigenvalue weighted by Crippen LogP contribution is -2.14. The van der Waals surface area contributed by atoms with Crippen LogP contribution in [0.3, 0.4) is 0 Å². The van der Waals surface area contributed by atoms with Gasteiger partial charge in [-0.05, 0) is 24.0 Å². The molecule has 0 amide bonds. The number of benzene rings is 1. The smallest absolute Gasteiger partial charge is 0.305 e. The molecule has 0 radical (unpaired) electrons. The molecule has 1 rings (SSSR count). The molecule has 15 heavy (non-hydrogen) atoms. The summed E-state index contributed by atoms with van der Waals surface area (Å²) in [5.74, 6) is -0.809. The Balaban J connectivity index is 2.87. The number of phenolic OH excluding ortho intramolecular Hbond substituents is 1. The van der Waals surface area contributed by atoms with E-state index in [4.69, 9.17) is 10.8 Å². The zero-order valence-electron chi connectivity index (χ0n) is 8.30. The first-order valence-electron chi connectivity index (χ1n) is 4.39. The number of aliphatic carboxylic acids is 1. The molecular weight excluding hydrogens is 214 g/mol. The monoisotopic (exact) mass is 227 g/mol. The van der Waals surface area contributed by atoms with Gasteiger partial charge in [-0.1, -0.05) is 6.07 Å². The van der Waals surface area contributed by atoms with E-state index in [0.29, 0.717) is 5.56 Å². The fourth-order valence-corrected chi connectivity index (χ4v) is 1.72. The lowest BCUT2D eigenvalue weighted by molar-refractivity contribution is -0.137. The van der Waals surface area contributed by atoms with Gasteiger partial charge in [0, 0.05) is 10.9 Å². The van der Waals surface area contributed by atoms with Gasteiger partial charge in [0.2, 0.25) is 0 Å². The Morgan fingerprint density at radius 2 is 2.27 bits per heavy atom. The number of carboxylic acids is 1. The van der Waals surface area contributed by atoms with Crippen LogP contribution in [-0.4, -0.2) is 22.4 Å². The normalized spacial score (nSPS) is 12.4. The Morgan fingerprint density at radius 1 is 1.60 bits per heavy atom. The molecule has 1 atom stereocenters. The molecule has 82 valence electrons. The molecule has 5 heteroatoms. The minimum atomic E-state index is -0.948. The van der Waals surface area contributed by atoms with Crippen molar-refractivity contribution >= 4 is 17.7 Å². The maximum absolute atomic E-state index is 10.4. The molecule has 1 unspecified atom stereocenters. The van der Waals surface area contributed by atoms with Crippen LogP contribution in [0.2, 0.25) is 0 Å². The van der Waals surface area contributed by atoms with E-state index in [1.165, 1.54) is 17.8 Å². The maximum atomic E-state index is 10.4. The number of aromatic hydroxyl groups is 1. The van der Waals surface area contributed by atoms with Crippen molar-refractivity contribution < 1.29 is 15.0 Å². The Morgan fingerprint density at radius 3 is 2.73 bits per heavy atom. The van der Waals surface area contributed by atoms with Crippen molar-refractivity contribution in [1.29, 1.82) is 0 Å². The van der Waals surface area contributed by atoms with E-state index in [2.05, 4.69) is 0 Å². The Hall–Kier alpha value is -1.20. The van der Waals surface area contributed by atoms with Crippen LogP contribution in [0.25, 0.3) is 0 Å². The second-order valence-electron chi connectivity index (χ2n) is 3.14. The Kier molecular flexibility index (Phi) is 3.99. The Labute approximate surface area is 92.1 Å².